The van der Waals surface area contributed by atoms with Gasteiger partial charge in [-0.25, -0.2) is 4.57 Å². The molecule has 0 rings (SSSR count). The molecule has 0 aromatic carbocycles. The Kier molecular flexibility index (Phi) is 50.7. The number of phosphoric acid groups is 1. The number of hydrogen-bond donors (Lipinski definition) is 3. The van der Waals surface area contributed by atoms with Crippen molar-refractivity contribution in [3.63, 3.8) is 0 Å². The Hall–Kier alpha value is -1.80. The molecule has 3 unspecified atom stereocenters. The maximum atomic E-state index is 13.0. The van der Waals surface area contributed by atoms with Crippen LogP contribution in [0.1, 0.15) is 271 Å². The second kappa shape index (κ2) is 52.1. The minimum atomic E-state index is -4.32. The molecule has 0 fully saturated rings. The van der Waals surface area contributed by atoms with Crippen molar-refractivity contribution in [3.8, 4) is 0 Å². The molecule has 70 heavy (non-hydrogen) atoms. The van der Waals surface area contributed by atoms with Crippen molar-refractivity contribution in [1.29, 1.82) is 0 Å². The van der Waals surface area contributed by atoms with E-state index < -0.39 is 20.0 Å². The first-order chi connectivity index (χ1) is 34.0. The number of quaternary nitrogens is 1. The number of carbonyl (C=O) groups is 1. The third-order valence-electron chi connectivity index (χ3n) is 13.3. The van der Waals surface area contributed by atoms with Crippen molar-refractivity contribution in [2.24, 2.45) is 0 Å². The molecule has 9 heteroatoms. The minimum absolute atomic E-state index is 0.0750. The van der Waals surface area contributed by atoms with E-state index in [-0.39, 0.29) is 19.1 Å². The lowest BCUT2D eigenvalue weighted by Gasteiger charge is -2.26. The monoisotopic (exact) mass is 1000 g/mol. The van der Waals surface area contributed by atoms with E-state index in [1.54, 1.807) is 0 Å². The largest absolute Gasteiger partial charge is 0.472 e. The number of phosphoric ester groups is 1. The first-order valence-electron chi connectivity index (χ1n) is 29.7. The molecule has 0 saturated carbocycles. The average molecular weight is 1000 g/mol. The number of likely N-dealkylation sites (N-methyl/N-ethyl adjacent to an activating group) is 1. The van der Waals surface area contributed by atoms with E-state index in [0.717, 1.165) is 70.6 Å². The van der Waals surface area contributed by atoms with Gasteiger partial charge < -0.3 is 19.8 Å². The van der Waals surface area contributed by atoms with Crippen molar-refractivity contribution in [3.05, 3.63) is 60.8 Å². The number of rotatable bonds is 54. The Bertz CT molecular complexity index is 1320. The summed E-state index contributed by atoms with van der Waals surface area (Å²) in [5.41, 5.74) is 0. The number of nitrogens with zero attached hydrogens (tertiary/aromatic N) is 1. The van der Waals surface area contributed by atoms with Crippen LogP contribution in [-0.2, 0) is 18.4 Å². The number of aliphatic hydroxyl groups is 1. The topological polar surface area (TPSA) is 105 Å². The first-order valence-corrected chi connectivity index (χ1v) is 31.1. The van der Waals surface area contributed by atoms with Crippen LogP contribution in [-0.4, -0.2) is 73.4 Å². The molecule has 0 radical (unpaired) electrons. The number of amides is 1. The van der Waals surface area contributed by atoms with Crippen molar-refractivity contribution >= 4 is 13.7 Å². The molecule has 3 atom stereocenters. The van der Waals surface area contributed by atoms with E-state index in [2.05, 4.69) is 79.9 Å². The summed E-state index contributed by atoms with van der Waals surface area (Å²) in [4.78, 5) is 23.3. The van der Waals surface area contributed by atoms with Crippen LogP contribution < -0.4 is 5.32 Å². The lowest BCUT2D eigenvalue weighted by molar-refractivity contribution is -0.870. The Labute approximate surface area is 434 Å². The second-order valence-corrected chi connectivity index (χ2v) is 22.8. The smallest absolute Gasteiger partial charge is 0.391 e. The molecule has 0 aromatic heterocycles. The molecule has 0 saturated heterocycles. The zero-order valence-electron chi connectivity index (χ0n) is 46.8. The van der Waals surface area contributed by atoms with Gasteiger partial charge in [-0.3, -0.25) is 13.8 Å². The lowest BCUT2D eigenvalue weighted by atomic mass is 10.0. The van der Waals surface area contributed by atoms with Gasteiger partial charge in [-0.2, -0.15) is 0 Å². The predicted molar refractivity (Wildman–Crippen MR) is 304 cm³/mol. The van der Waals surface area contributed by atoms with Gasteiger partial charge in [0.2, 0.25) is 5.91 Å². The van der Waals surface area contributed by atoms with E-state index in [1.807, 2.05) is 21.1 Å². The van der Waals surface area contributed by atoms with E-state index in [0.29, 0.717) is 23.9 Å². The van der Waals surface area contributed by atoms with Crippen molar-refractivity contribution in [2.45, 2.75) is 283 Å². The van der Waals surface area contributed by atoms with Crippen LogP contribution in [0, 0.1) is 0 Å². The minimum Gasteiger partial charge on any atom is -0.391 e. The number of hydrogen-bond acceptors (Lipinski definition) is 5. The van der Waals surface area contributed by atoms with Crippen LogP contribution in [0.15, 0.2) is 60.8 Å². The van der Waals surface area contributed by atoms with Crippen LogP contribution >= 0.6 is 7.82 Å². The number of aliphatic hydroxyl groups excluding tert-OH is 1. The molecule has 0 bridgehead atoms. The van der Waals surface area contributed by atoms with Gasteiger partial charge in [0.15, 0.2) is 0 Å². The van der Waals surface area contributed by atoms with Gasteiger partial charge in [-0.15, -0.1) is 0 Å². The van der Waals surface area contributed by atoms with Crippen LogP contribution in [0.5, 0.6) is 0 Å². The number of allylic oxidation sites excluding steroid dienone is 10. The van der Waals surface area contributed by atoms with Gasteiger partial charge in [0, 0.05) is 6.42 Å². The molecule has 410 valence electrons. The Morgan fingerprint density at radius 1 is 0.500 bits per heavy atom. The average Bonchev–Trinajstić information content (AvgIpc) is 3.32. The number of carbonyl (C=O) groups excluding carboxylic acids is 1. The highest BCUT2D eigenvalue weighted by atomic mass is 31.2. The molecular weight excluding hydrogens is 888 g/mol. The molecule has 0 aliphatic carbocycles. The normalized spacial score (nSPS) is 14.3. The van der Waals surface area contributed by atoms with Gasteiger partial charge in [-0.1, -0.05) is 267 Å². The van der Waals surface area contributed by atoms with Crippen LogP contribution in [0.3, 0.4) is 0 Å². The summed E-state index contributed by atoms with van der Waals surface area (Å²) in [5, 5.41) is 14.0. The quantitative estimate of drug-likeness (QED) is 0.0243. The molecule has 1 amide bonds. The summed E-state index contributed by atoms with van der Waals surface area (Å²) in [6.45, 7) is 4.79. The van der Waals surface area contributed by atoms with Crippen molar-refractivity contribution < 1.29 is 32.9 Å². The summed E-state index contributed by atoms with van der Waals surface area (Å²) >= 11 is 0. The maximum Gasteiger partial charge on any atom is 0.472 e. The first kappa shape index (κ1) is 68.2. The highest BCUT2D eigenvalue weighted by molar-refractivity contribution is 7.47. The Morgan fingerprint density at radius 2 is 0.857 bits per heavy atom. The molecule has 0 heterocycles. The molecule has 0 spiro atoms. The summed E-state index contributed by atoms with van der Waals surface area (Å²) in [6.07, 6.45) is 70.1. The van der Waals surface area contributed by atoms with Crippen LogP contribution in [0.25, 0.3) is 0 Å². The number of unbranched alkanes of at least 4 members (excludes halogenated alkanes) is 31. The lowest BCUT2D eigenvalue weighted by Crippen LogP contribution is -2.46. The van der Waals surface area contributed by atoms with Gasteiger partial charge in [0.25, 0.3) is 0 Å². The summed E-state index contributed by atoms with van der Waals surface area (Å²) < 4.78 is 23.7. The molecule has 0 aliphatic heterocycles. The standard InChI is InChI=1S/C61H115N2O6P/c1-6-8-10-12-14-16-18-20-21-22-23-24-25-26-27-28-29-30-31-32-33-34-35-36-37-38-39-40-41-43-45-47-49-51-53-55-61(65)62-59(58-69-70(66,67)68-57-56-63(3,4)5)60(64)54-52-50-48-46-44-42-19-17-15-13-11-9-7-2/h8,10,14,16,20-21,23-24,26-27,59-60,64H,6-7,9,11-13,15,17-19,22,25,28-58H2,1-5H3,(H-,62,65,66,67)/p+1/b10-8-,16-14-,21-20-,24-23-,27-26-. The zero-order valence-corrected chi connectivity index (χ0v) is 47.7. The second-order valence-electron chi connectivity index (χ2n) is 21.3. The SMILES string of the molecule is CC/C=C\C/C=C\C/C=C\C/C=C\C/C=C\CCCCCCCCCCCCCCCCCCCCCC(=O)NC(COP(=O)(O)OCC[N+](C)(C)C)C(O)CCCCCCCCCCCCCCC. The zero-order chi connectivity index (χ0) is 51.3. The highest BCUT2D eigenvalue weighted by Gasteiger charge is 2.28. The van der Waals surface area contributed by atoms with E-state index in [1.165, 1.54) is 173 Å². The molecule has 8 nitrogen and oxygen atoms in total. The highest BCUT2D eigenvalue weighted by Crippen LogP contribution is 2.43. The van der Waals surface area contributed by atoms with E-state index in [4.69, 9.17) is 9.05 Å². The third-order valence-corrected chi connectivity index (χ3v) is 14.3. The van der Waals surface area contributed by atoms with Crippen LogP contribution in [0.2, 0.25) is 0 Å². The van der Waals surface area contributed by atoms with Crippen molar-refractivity contribution in [1.82, 2.24) is 5.32 Å². The summed E-state index contributed by atoms with van der Waals surface area (Å²) in [7, 11) is 1.62. The third kappa shape index (κ3) is 54.0. The molecule has 0 aliphatic rings. The molecular formula is C61H116N2O6P+. The predicted octanol–water partition coefficient (Wildman–Crippen LogP) is 18.1. The molecule has 3 N–H and O–H groups in total. The van der Waals surface area contributed by atoms with E-state index >= 15 is 0 Å². The van der Waals surface area contributed by atoms with Gasteiger partial charge in [0.05, 0.1) is 39.9 Å². The van der Waals surface area contributed by atoms with Gasteiger partial charge in [-0.05, 0) is 57.8 Å². The Balaban J connectivity index is 3.96. The van der Waals surface area contributed by atoms with Gasteiger partial charge >= 0.3 is 7.82 Å². The van der Waals surface area contributed by atoms with Crippen LogP contribution in [0.4, 0.5) is 0 Å². The fourth-order valence-electron chi connectivity index (χ4n) is 8.66. The maximum absolute atomic E-state index is 13.0. The number of nitrogens with one attached hydrogen (secondary N) is 1. The van der Waals surface area contributed by atoms with Gasteiger partial charge in [0.1, 0.15) is 13.2 Å². The fraction of sp³-hybridized carbons (Fsp3) is 0.820. The van der Waals surface area contributed by atoms with E-state index in [9.17, 15) is 19.4 Å². The summed E-state index contributed by atoms with van der Waals surface area (Å²) in [5.74, 6) is -0.142. The fourth-order valence-corrected chi connectivity index (χ4v) is 9.40. The molecule has 0 aromatic rings. The summed E-state index contributed by atoms with van der Waals surface area (Å²) in [6, 6.07) is -0.760. The van der Waals surface area contributed by atoms with Crippen molar-refractivity contribution in [2.75, 3.05) is 40.9 Å². The Morgan fingerprint density at radius 3 is 1.26 bits per heavy atom.